The molecule has 10 heteroatoms. The normalized spacial score (nSPS) is 14.7. The van der Waals surface area contributed by atoms with Crippen molar-refractivity contribution >= 4 is 40.0 Å². The number of aryl methyl sites for hydroxylation is 3. The first-order valence-corrected chi connectivity index (χ1v) is 10.1. The zero-order valence-electron chi connectivity index (χ0n) is 15.6. The van der Waals surface area contributed by atoms with Crippen LogP contribution in [0.5, 0.6) is 0 Å². The van der Waals surface area contributed by atoms with Crippen LogP contribution >= 0.6 is 22.7 Å². The molecule has 1 amide bonds. The Morgan fingerprint density at radius 3 is 2.46 bits per heavy atom. The van der Waals surface area contributed by atoms with Crippen molar-refractivity contribution in [2.24, 2.45) is 0 Å². The van der Waals surface area contributed by atoms with E-state index in [9.17, 15) is 13.6 Å². The maximum absolute atomic E-state index is 11.8. The summed E-state index contributed by atoms with van der Waals surface area (Å²) in [5.41, 5.74) is 3.16. The molecule has 3 aromatic heterocycles. The molecule has 1 saturated heterocycles. The second-order valence-electron chi connectivity index (χ2n) is 6.40. The minimum Gasteiger partial charge on any atom is -0.333 e. The van der Waals surface area contributed by atoms with Gasteiger partial charge in [-0.2, -0.15) is 0 Å². The van der Waals surface area contributed by atoms with Gasteiger partial charge in [0.05, 0.1) is 34.4 Å². The molecule has 4 rings (SSSR count). The average Bonchev–Trinajstić information content (AvgIpc) is 3.21. The molecule has 0 radical (unpaired) electrons. The first kappa shape index (κ1) is 20.3. The molecule has 0 unspecified atom stereocenters. The van der Waals surface area contributed by atoms with Crippen LogP contribution in [0.1, 0.15) is 16.3 Å². The van der Waals surface area contributed by atoms with Gasteiger partial charge in [-0.3, -0.25) is 4.79 Å². The number of hydrogen-bond donors (Lipinski definition) is 1. The number of nitrogens with zero attached hydrogens (tertiary/aromatic N) is 4. The monoisotopic (exact) mass is 423 g/mol. The van der Waals surface area contributed by atoms with Crippen molar-refractivity contribution in [3.05, 3.63) is 40.0 Å². The van der Waals surface area contributed by atoms with Gasteiger partial charge < -0.3 is 10.2 Å². The number of carbonyl (C=O) groups is 1. The van der Waals surface area contributed by atoms with E-state index in [-0.39, 0.29) is 0 Å². The highest BCUT2D eigenvalue weighted by Crippen LogP contribution is 2.32. The maximum Gasteiger partial charge on any atom is 0.282 e. The van der Waals surface area contributed by atoms with E-state index in [1.807, 2.05) is 39.1 Å². The zero-order valence-corrected chi connectivity index (χ0v) is 17.2. The van der Waals surface area contributed by atoms with Crippen LogP contribution in [0.4, 0.5) is 19.7 Å². The Kier molecular flexibility index (Phi) is 5.99. The summed E-state index contributed by atoms with van der Waals surface area (Å²) >= 11 is 3.26. The van der Waals surface area contributed by atoms with Gasteiger partial charge in [0.15, 0.2) is 5.13 Å². The molecule has 148 valence electrons. The third-order valence-electron chi connectivity index (χ3n) is 3.80. The molecule has 0 atom stereocenters. The number of nitrogens with one attached hydrogen (secondary N) is 1. The Morgan fingerprint density at radius 2 is 1.96 bits per heavy atom. The smallest absolute Gasteiger partial charge is 0.282 e. The zero-order chi connectivity index (χ0) is 20.3. The van der Waals surface area contributed by atoms with Gasteiger partial charge in [0.2, 0.25) is 6.41 Å². The topological polar surface area (TPSA) is 71.0 Å². The van der Waals surface area contributed by atoms with Gasteiger partial charge in [0, 0.05) is 11.6 Å². The first-order valence-electron chi connectivity index (χ1n) is 8.42. The molecule has 6 nitrogen and oxygen atoms in total. The molecule has 3 aromatic rings. The number of anilines is 2. The van der Waals surface area contributed by atoms with Crippen LogP contribution in [0.25, 0.3) is 10.6 Å². The number of halogens is 2. The first-order chi connectivity index (χ1) is 13.3. The average molecular weight is 424 g/mol. The van der Waals surface area contributed by atoms with Crippen LogP contribution in [0.15, 0.2) is 23.7 Å². The number of hydrogen-bond acceptors (Lipinski definition) is 7. The second kappa shape index (κ2) is 8.27. The standard InChI is InChI=1S/C14H14N4S2.C4H5F2NO/c1-8-4-5-12(15-6-8)18-14-17-11(7-19-14)13-9(2)16-10(3)20-13;5-4(6)1-7(2-4)3-8/h4-7H,1-3H3,(H,15,17,18);3H,1-2H2. The molecule has 0 spiro atoms. The maximum atomic E-state index is 11.8. The van der Waals surface area contributed by atoms with Crippen molar-refractivity contribution in [1.29, 1.82) is 0 Å². The van der Waals surface area contributed by atoms with Crippen LogP contribution in [-0.4, -0.2) is 45.3 Å². The minimum absolute atomic E-state index is 0.406. The third-order valence-corrected chi connectivity index (χ3v) is 5.66. The van der Waals surface area contributed by atoms with Crippen molar-refractivity contribution in [1.82, 2.24) is 19.9 Å². The molecule has 1 fully saturated rings. The third kappa shape index (κ3) is 5.08. The van der Waals surface area contributed by atoms with E-state index < -0.39 is 19.0 Å². The van der Waals surface area contributed by atoms with Gasteiger partial charge in [0.25, 0.3) is 5.92 Å². The van der Waals surface area contributed by atoms with Crippen molar-refractivity contribution in [2.45, 2.75) is 26.7 Å². The number of alkyl halides is 2. The van der Waals surface area contributed by atoms with Crippen LogP contribution in [0.2, 0.25) is 0 Å². The fourth-order valence-corrected chi connectivity index (χ4v) is 4.14. The number of amides is 1. The number of aromatic nitrogens is 3. The van der Waals surface area contributed by atoms with Gasteiger partial charge in [-0.15, -0.1) is 22.7 Å². The number of thiazole rings is 2. The van der Waals surface area contributed by atoms with E-state index >= 15 is 0 Å². The Bertz CT molecular complexity index is 947. The number of pyridine rings is 1. The highest BCUT2D eigenvalue weighted by Gasteiger charge is 2.43. The summed E-state index contributed by atoms with van der Waals surface area (Å²) in [6.45, 7) is 5.25. The van der Waals surface area contributed by atoms with Gasteiger partial charge in [-0.05, 0) is 32.4 Å². The quantitative estimate of drug-likeness (QED) is 0.629. The Hall–Kier alpha value is -2.46. The molecule has 0 aliphatic carbocycles. The lowest BCUT2D eigenvalue weighted by Gasteiger charge is -2.35. The van der Waals surface area contributed by atoms with E-state index in [2.05, 4.69) is 25.6 Å². The predicted molar refractivity (Wildman–Crippen MR) is 108 cm³/mol. The van der Waals surface area contributed by atoms with Crippen LogP contribution in [-0.2, 0) is 4.79 Å². The molecule has 1 aliphatic rings. The minimum atomic E-state index is -2.61. The lowest BCUT2D eigenvalue weighted by atomic mass is 10.2. The highest BCUT2D eigenvalue weighted by molar-refractivity contribution is 7.16. The van der Waals surface area contributed by atoms with Crippen molar-refractivity contribution in [3.63, 3.8) is 0 Å². The molecular weight excluding hydrogens is 404 g/mol. The van der Waals surface area contributed by atoms with Crippen molar-refractivity contribution < 1.29 is 13.6 Å². The summed E-state index contributed by atoms with van der Waals surface area (Å²) in [7, 11) is 0. The van der Waals surface area contributed by atoms with E-state index in [0.29, 0.717) is 6.41 Å². The molecule has 28 heavy (non-hydrogen) atoms. The number of carbonyl (C=O) groups excluding carboxylic acids is 1. The van der Waals surface area contributed by atoms with Gasteiger partial charge >= 0.3 is 0 Å². The van der Waals surface area contributed by atoms with Gasteiger partial charge in [0.1, 0.15) is 5.82 Å². The SMILES string of the molecule is Cc1ccc(Nc2nc(-c3sc(C)nc3C)cs2)nc1.O=CN1CC(F)(F)C1. The molecule has 0 aromatic carbocycles. The Labute approximate surface area is 169 Å². The molecule has 0 bridgehead atoms. The summed E-state index contributed by atoms with van der Waals surface area (Å²) < 4.78 is 23.5. The van der Waals surface area contributed by atoms with E-state index in [1.165, 1.54) is 0 Å². The summed E-state index contributed by atoms with van der Waals surface area (Å²) in [4.78, 5) is 25.2. The van der Waals surface area contributed by atoms with Crippen molar-refractivity contribution in [2.75, 3.05) is 18.4 Å². The van der Waals surface area contributed by atoms with E-state index in [0.717, 1.165) is 42.7 Å². The predicted octanol–water partition coefficient (Wildman–Crippen LogP) is 4.42. The van der Waals surface area contributed by atoms with Crippen molar-refractivity contribution in [3.8, 4) is 10.6 Å². The van der Waals surface area contributed by atoms with Crippen LogP contribution in [0, 0.1) is 20.8 Å². The fraction of sp³-hybridized carbons (Fsp3) is 0.333. The number of likely N-dealkylation sites (tertiary alicyclic amines) is 1. The Morgan fingerprint density at radius 1 is 1.21 bits per heavy atom. The summed E-state index contributed by atoms with van der Waals surface area (Å²) in [5, 5.41) is 7.20. The van der Waals surface area contributed by atoms with Gasteiger partial charge in [-0.1, -0.05) is 6.07 Å². The summed E-state index contributed by atoms with van der Waals surface area (Å²) in [6.07, 6.45) is 2.27. The van der Waals surface area contributed by atoms with E-state index in [4.69, 9.17) is 0 Å². The molecule has 1 aliphatic heterocycles. The van der Waals surface area contributed by atoms with Crippen LogP contribution < -0.4 is 5.32 Å². The summed E-state index contributed by atoms with van der Waals surface area (Å²) in [6, 6.07) is 3.99. The fourth-order valence-electron chi connectivity index (χ4n) is 2.48. The largest absolute Gasteiger partial charge is 0.333 e. The lowest BCUT2D eigenvalue weighted by molar-refractivity contribution is -0.153. The molecule has 1 N–H and O–H groups in total. The summed E-state index contributed by atoms with van der Waals surface area (Å²) in [5.74, 6) is -1.80. The highest BCUT2D eigenvalue weighted by atomic mass is 32.1. The molecule has 0 saturated carbocycles. The van der Waals surface area contributed by atoms with Crippen LogP contribution in [0.3, 0.4) is 0 Å². The second-order valence-corrected chi connectivity index (χ2v) is 8.46. The number of rotatable bonds is 4. The van der Waals surface area contributed by atoms with E-state index in [1.54, 1.807) is 22.7 Å². The van der Waals surface area contributed by atoms with Gasteiger partial charge in [-0.25, -0.2) is 23.7 Å². The molecular formula is C18H19F2N5OS2. The molecule has 4 heterocycles. The Balaban J connectivity index is 0.000000236. The lowest BCUT2D eigenvalue weighted by Crippen LogP contribution is -2.55.